The summed E-state index contributed by atoms with van der Waals surface area (Å²) in [7, 11) is 0. The molecule has 22 heavy (non-hydrogen) atoms. The first kappa shape index (κ1) is 15.3. The van der Waals surface area contributed by atoms with E-state index < -0.39 is 6.09 Å². The van der Waals surface area contributed by atoms with Gasteiger partial charge in [-0.15, -0.1) is 5.01 Å². The SMILES string of the molecule is Cc1cc([N@+]2(N3CCCC3)CCC[C@@H]2C)ccc1NC(=O)O. The summed E-state index contributed by atoms with van der Waals surface area (Å²) in [6.07, 6.45) is 4.07. The van der Waals surface area contributed by atoms with Gasteiger partial charge in [0, 0.05) is 43.8 Å². The number of benzene rings is 1. The Bertz CT molecular complexity index is 569. The molecule has 0 aromatic heterocycles. The molecule has 0 radical (unpaired) electrons. The Balaban J connectivity index is 1.98. The van der Waals surface area contributed by atoms with Gasteiger partial charge in [-0.1, -0.05) is 0 Å². The number of rotatable bonds is 3. The summed E-state index contributed by atoms with van der Waals surface area (Å²) in [5.41, 5.74) is 2.98. The predicted molar refractivity (Wildman–Crippen MR) is 89.0 cm³/mol. The van der Waals surface area contributed by atoms with Crippen LogP contribution >= 0.6 is 0 Å². The molecule has 3 rings (SSSR count). The Kier molecular flexibility index (Phi) is 4.10. The van der Waals surface area contributed by atoms with Crippen LogP contribution in [0.25, 0.3) is 0 Å². The molecule has 1 aromatic carbocycles. The van der Waals surface area contributed by atoms with Crippen LogP contribution in [0.2, 0.25) is 0 Å². The van der Waals surface area contributed by atoms with Crippen molar-refractivity contribution in [2.24, 2.45) is 0 Å². The zero-order valence-corrected chi connectivity index (χ0v) is 13.5. The van der Waals surface area contributed by atoms with Crippen LogP contribution in [0.5, 0.6) is 0 Å². The van der Waals surface area contributed by atoms with E-state index in [1.165, 1.54) is 44.5 Å². The Morgan fingerprint density at radius 1 is 1.32 bits per heavy atom. The number of aryl methyl sites for hydroxylation is 1. The third-order valence-electron chi connectivity index (χ3n) is 5.34. The Morgan fingerprint density at radius 2 is 2.05 bits per heavy atom. The molecule has 5 heteroatoms. The van der Waals surface area contributed by atoms with E-state index in [0.29, 0.717) is 11.7 Å². The van der Waals surface area contributed by atoms with E-state index >= 15 is 0 Å². The smallest absolute Gasteiger partial charge is 0.409 e. The van der Waals surface area contributed by atoms with Gasteiger partial charge in [-0.05, 0) is 38.3 Å². The predicted octanol–water partition coefficient (Wildman–Crippen LogP) is 3.59. The maximum Gasteiger partial charge on any atom is 0.409 e. The van der Waals surface area contributed by atoms with Gasteiger partial charge >= 0.3 is 6.09 Å². The number of nitrogens with one attached hydrogen (secondary N) is 1. The number of nitrogens with zero attached hydrogens (tertiary/aromatic N) is 2. The minimum absolute atomic E-state index is 0.593. The molecule has 2 aliphatic rings. The summed E-state index contributed by atoms with van der Waals surface area (Å²) < 4.78 is 0.953. The van der Waals surface area contributed by atoms with E-state index in [4.69, 9.17) is 5.11 Å². The Hall–Kier alpha value is -1.59. The molecule has 0 spiro atoms. The highest BCUT2D eigenvalue weighted by Gasteiger charge is 2.47. The molecular formula is C17H26N3O2+. The molecule has 0 aliphatic carbocycles. The second-order valence-electron chi connectivity index (χ2n) is 6.63. The normalized spacial score (nSPS) is 28.9. The monoisotopic (exact) mass is 304 g/mol. The van der Waals surface area contributed by atoms with E-state index in [2.05, 4.69) is 29.4 Å². The number of carboxylic acid groups (broad SMARTS) is 1. The van der Waals surface area contributed by atoms with Gasteiger partial charge in [0.2, 0.25) is 0 Å². The molecule has 0 saturated carbocycles. The van der Waals surface area contributed by atoms with Gasteiger partial charge in [0.25, 0.3) is 0 Å². The number of hydrogen-bond acceptors (Lipinski definition) is 2. The second kappa shape index (κ2) is 5.89. The molecule has 2 heterocycles. The quantitative estimate of drug-likeness (QED) is 0.839. The average Bonchev–Trinajstić information content (AvgIpc) is 3.10. The summed E-state index contributed by atoms with van der Waals surface area (Å²) >= 11 is 0. The number of quaternary nitrogens is 1. The van der Waals surface area contributed by atoms with Gasteiger partial charge < -0.3 is 5.11 Å². The molecule has 0 bridgehead atoms. The molecule has 0 unspecified atom stereocenters. The van der Waals surface area contributed by atoms with E-state index in [1.54, 1.807) is 0 Å². The van der Waals surface area contributed by atoms with Crippen LogP contribution in [0.3, 0.4) is 0 Å². The van der Waals surface area contributed by atoms with Crippen LogP contribution in [0.15, 0.2) is 18.2 Å². The fourth-order valence-electron chi connectivity index (χ4n) is 4.23. The van der Waals surface area contributed by atoms with Crippen molar-refractivity contribution in [3.05, 3.63) is 23.8 Å². The van der Waals surface area contributed by atoms with Crippen molar-refractivity contribution in [3.63, 3.8) is 0 Å². The van der Waals surface area contributed by atoms with Crippen LogP contribution < -0.4 is 9.91 Å². The van der Waals surface area contributed by atoms with E-state index in [1.807, 2.05) is 13.0 Å². The molecule has 2 fully saturated rings. The summed E-state index contributed by atoms with van der Waals surface area (Å²) in [5, 5.41) is 14.0. The lowest BCUT2D eigenvalue weighted by Gasteiger charge is -2.44. The first-order chi connectivity index (χ1) is 10.5. The fraction of sp³-hybridized carbons (Fsp3) is 0.588. The molecule has 1 aromatic rings. The minimum atomic E-state index is -1.01. The van der Waals surface area contributed by atoms with Crippen LogP contribution in [0, 0.1) is 6.92 Å². The van der Waals surface area contributed by atoms with Gasteiger partial charge in [-0.2, -0.15) is 0 Å². The molecular weight excluding hydrogens is 278 g/mol. The Morgan fingerprint density at radius 3 is 2.59 bits per heavy atom. The lowest BCUT2D eigenvalue weighted by Crippen LogP contribution is -2.62. The number of carbonyl (C=O) groups is 1. The van der Waals surface area contributed by atoms with Crippen molar-refractivity contribution in [2.75, 3.05) is 25.0 Å². The largest absolute Gasteiger partial charge is 0.465 e. The number of anilines is 1. The summed E-state index contributed by atoms with van der Waals surface area (Å²) in [6.45, 7) is 7.82. The number of hydrogen-bond donors (Lipinski definition) is 2. The summed E-state index contributed by atoms with van der Waals surface area (Å²) in [5.74, 6) is 0. The van der Waals surface area contributed by atoms with Gasteiger partial charge in [0.05, 0.1) is 0 Å². The van der Waals surface area contributed by atoms with Crippen LogP contribution in [0.1, 0.15) is 38.2 Å². The van der Waals surface area contributed by atoms with Crippen molar-refractivity contribution < 1.29 is 9.90 Å². The van der Waals surface area contributed by atoms with Gasteiger partial charge in [-0.25, -0.2) is 9.39 Å². The first-order valence-corrected chi connectivity index (χ1v) is 8.28. The van der Waals surface area contributed by atoms with Crippen molar-refractivity contribution in [1.29, 1.82) is 0 Å². The van der Waals surface area contributed by atoms with Crippen molar-refractivity contribution in [3.8, 4) is 0 Å². The first-order valence-electron chi connectivity index (χ1n) is 8.28. The van der Waals surface area contributed by atoms with Gasteiger partial charge in [0.15, 0.2) is 5.69 Å². The molecule has 2 N–H and O–H groups in total. The van der Waals surface area contributed by atoms with Crippen molar-refractivity contribution in [2.45, 2.75) is 45.6 Å². The highest BCUT2D eigenvalue weighted by molar-refractivity contribution is 5.84. The van der Waals surface area contributed by atoms with Crippen molar-refractivity contribution >= 4 is 17.5 Å². The van der Waals surface area contributed by atoms with Crippen LogP contribution in [-0.2, 0) is 0 Å². The maximum atomic E-state index is 10.9. The summed E-state index contributed by atoms with van der Waals surface area (Å²) in [6, 6.07) is 6.79. The maximum absolute atomic E-state index is 10.9. The third-order valence-corrected chi connectivity index (χ3v) is 5.34. The molecule has 5 nitrogen and oxygen atoms in total. The lowest BCUT2D eigenvalue weighted by atomic mass is 10.1. The highest BCUT2D eigenvalue weighted by Crippen LogP contribution is 2.39. The van der Waals surface area contributed by atoms with Crippen LogP contribution in [-0.4, -0.2) is 41.9 Å². The second-order valence-corrected chi connectivity index (χ2v) is 6.63. The van der Waals surface area contributed by atoms with E-state index in [0.717, 1.165) is 16.7 Å². The van der Waals surface area contributed by atoms with E-state index in [-0.39, 0.29) is 0 Å². The molecule has 2 saturated heterocycles. The standard InChI is InChI=1S/C17H25N3O2/c1-13-12-15(7-8-16(13)18-17(21)22)20(11-5-6-14(20)2)19-9-3-4-10-19/h7-8,12,14,18H,3-6,9-11H2,1-2H3/p+1/t14-,20-/m0/s1. The topological polar surface area (TPSA) is 52.6 Å². The van der Waals surface area contributed by atoms with E-state index in [9.17, 15) is 4.79 Å². The lowest BCUT2D eigenvalue weighted by molar-refractivity contribution is -0.00180. The van der Waals surface area contributed by atoms with Crippen molar-refractivity contribution in [1.82, 2.24) is 9.60 Å². The zero-order chi connectivity index (χ0) is 15.7. The molecule has 1 amide bonds. The minimum Gasteiger partial charge on any atom is -0.465 e. The zero-order valence-electron chi connectivity index (χ0n) is 13.5. The summed E-state index contributed by atoms with van der Waals surface area (Å²) in [4.78, 5) is 10.9. The molecule has 120 valence electrons. The fourth-order valence-corrected chi connectivity index (χ4v) is 4.23. The van der Waals surface area contributed by atoms with Gasteiger partial charge in [0.1, 0.15) is 12.6 Å². The third kappa shape index (κ3) is 2.48. The van der Waals surface area contributed by atoms with Gasteiger partial charge in [-0.3, -0.25) is 5.32 Å². The average molecular weight is 304 g/mol. The molecule has 2 aliphatic heterocycles. The van der Waals surface area contributed by atoms with Crippen LogP contribution in [0.4, 0.5) is 16.2 Å². The highest BCUT2D eigenvalue weighted by atomic mass is 16.4. The Labute approximate surface area is 132 Å². The molecule has 2 atom stereocenters. The number of amides is 1.